The van der Waals surface area contributed by atoms with Crippen LogP contribution < -0.4 is 14.8 Å². The molecule has 94 valence electrons. The molecule has 1 aromatic carbocycles. The molecule has 0 radical (unpaired) electrons. The lowest BCUT2D eigenvalue weighted by Gasteiger charge is -2.13. The number of rotatable bonds is 4. The van der Waals surface area contributed by atoms with Gasteiger partial charge in [0.2, 0.25) is 0 Å². The number of alkyl carbamates (subject to hydrolysis) is 1. The van der Waals surface area contributed by atoms with Crippen LogP contribution in [0.15, 0.2) is 18.2 Å². The van der Waals surface area contributed by atoms with Crippen LogP contribution in [0.25, 0.3) is 0 Å². The summed E-state index contributed by atoms with van der Waals surface area (Å²) in [6.45, 7) is 0.628. The van der Waals surface area contributed by atoms with Gasteiger partial charge < -0.3 is 19.5 Å². The number of hydrogen-bond donors (Lipinski definition) is 1. The molecule has 1 heterocycles. The van der Waals surface area contributed by atoms with E-state index in [-0.39, 0.29) is 12.7 Å². The number of benzene rings is 1. The van der Waals surface area contributed by atoms with Crippen molar-refractivity contribution in [1.82, 2.24) is 5.32 Å². The summed E-state index contributed by atoms with van der Waals surface area (Å²) < 4.78 is 15.6. The van der Waals surface area contributed by atoms with Crippen LogP contribution in [-0.2, 0) is 4.74 Å². The van der Waals surface area contributed by atoms with Crippen molar-refractivity contribution in [2.45, 2.75) is 6.10 Å². The van der Waals surface area contributed by atoms with Crippen LogP contribution in [0, 0.1) is 11.3 Å². The molecule has 1 amide bonds. The highest BCUT2D eigenvalue weighted by atomic mass is 16.6. The van der Waals surface area contributed by atoms with Crippen LogP contribution in [0.1, 0.15) is 5.56 Å². The standard InChI is InChI=1S/C12H12N2O4/c1-16-10-3-2-8(5-13)4-11(10)17-7-9-6-14-12(15)18-9/h2-4,9H,6-7H2,1H3,(H,14,15). The SMILES string of the molecule is COc1ccc(C#N)cc1OCC1CNC(=O)O1. The van der Waals surface area contributed by atoms with Gasteiger partial charge in [-0.1, -0.05) is 0 Å². The third-order valence-corrected chi connectivity index (χ3v) is 2.47. The Morgan fingerprint density at radius 1 is 1.56 bits per heavy atom. The molecule has 1 N–H and O–H groups in total. The maximum absolute atomic E-state index is 10.8. The average molecular weight is 248 g/mol. The molecule has 1 aliphatic heterocycles. The van der Waals surface area contributed by atoms with E-state index in [4.69, 9.17) is 19.5 Å². The van der Waals surface area contributed by atoms with Gasteiger partial charge in [0.15, 0.2) is 17.6 Å². The summed E-state index contributed by atoms with van der Waals surface area (Å²) in [5, 5.41) is 11.3. The zero-order valence-electron chi connectivity index (χ0n) is 9.80. The number of nitriles is 1. The minimum absolute atomic E-state index is 0.212. The second kappa shape index (κ2) is 5.27. The molecule has 0 aromatic heterocycles. The third-order valence-electron chi connectivity index (χ3n) is 2.47. The van der Waals surface area contributed by atoms with E-state index in [2.05, 4.69) is 5.32 Å². The molecule has 1 aliphatic rings. The first-order valence-electron chi connectivity index (χ1n) is 5.38. The number of methoxy groups -OCH3 is 1. The van der Waals surface area contributed by atoms with Crippen molar-refractivity contribution in [3.63, 3.8) is 0 Å². The minimum Gasteiger partial charge on any atom is -0.493 e. The third kappa shape index (κ3) is 2.63. The molecule has 0 bridgehead atoms. The van der Waals surface area contributed by atoms with Crippen molar-refractivity contribution in [3.8, 4) is 17.6 Å². The van der Waals surface area contributed by atoms with Crippen LogP contribution in [0.5, 0.6) is 11.5 Å². The van der Waals surface area contributed by atoms with Crippen molar-refractivity contribution in [2.75, 3.05) is 20.3 Å². The lowest BCUT2D eigenvalue weighted by Crippen LogP contribution is -2.22. The van der Waals surface area contributed by atoms with Crippen molar-refractivity contribution in [1.29, 1.82) is 5.26 Å². The summed E-state index contributed by atoms with van der Waals surface area (Å²) in [6.07, 6.45) is -0.769. The van der Waals surface area contributed by atoms with Gasteiger partial charge in [0, 0.05) is 6.07 Å². The van der Waals surface area contributed by atoms with Crippen LogP contribution >= 0.6 is 0 Å². The van der Waals surface area contributed by atoms with Crippen LogP contribution in [0.4, 0.5) is 4.79 Å². The van der Waals surface area contributed by atoms with Crippen molar-refractivity contribution in [3.05, 3.63) is 23.8 Å². The predicted molar refractivity (Wildman–Crippen MR) is 61.5 cm³/mol. The molecule has 0 spiro atoms. The average Bonchev–Trinajstić information content (AvgIpc) is 2.81. The Balaban J connectivity index is 2.03. The highest BCUT2D eigenvalue weighted by molar-refractivity contribution is 5.69. The van der Waals surface area contributed by atoms with Crippen molar-refractivity contribution < 1.29 is 19.0 Å². The zero-order chi connectivity index (χ0) is 13.0. The van der Waals surface area contributed by atoms with Crippen LogP contribution in [0.3, 0.4) is 0 Å². The smallest absolute Gasteiger partial charge is 0.407 e. The Morgan fingerprint density at radius 2 is 2.39 bits per heavy atom. The molecule has 6 nitrogen and oxygen atoms in total. The Hall–Kier alpha value is -2.42. The fourth-order valence-corrected chi connectivity index (χ4v) is 1.57. The molecule has 1 aromatic rings. The summed E-state index contributed by atoms with van der Waals surface area (Å²) in [4.78, 5) is 10.8. The molecule has 6 heteroatoms. The molecular formula is C12H12N2O4. The molecular weight excluding hydrogens is 236 g/mol. The molecule has 0 saturated carbocycles. The predicted octanol–water partition coefficient (Wildman–Crippen LogP) is 1.05. The number of amides is 1. The molecule has 0 aliphatic carbocycles. The Morgan fingerprint density at radius 3 is 3.00 bits per heavy atom. The quantitative estimate of drug-likeness (QED) is 0.861. The summed E-state index contributed by atoms with van der Waals surface area (Å²) >= 11 is 0. The monoisotopic (exact) mass is 248 g/mol. The number of cyclic esters (lactones) is 1. The maximum Gasteiger partial charge on any atom is 0.407 e. The van der Waals surface area contributed by atoms with Gasteiger partial charge in [-0.15, -0.1) is 0 Å². The van der Waals surface area contributed by atoms with E-state index in [0.717, 1.165) is 0 Å². The highest BCUT2D eigenvalue weighted by Crippen LogP contribution is 2.28. The molecule has 2 rings (SSSR count). The Kier molecular flexibility index (Phi) is 3.53. The Labute approximate surface area is 104 Å². The van der Waals surface area contributed by atoms with E-state index in [1.54, 1.807) is 18.2 Å². The van der Waals surface area contributed by atoms with Gasteiger partial charge >= 0.3 is 6.09 Å². The Bertz CT molecular complexity index is 495. The van der Waals surface area contributed by atoms with E-state index in [9.17, 15) is 4.79 Å². The topological polar surface area (TPSA) is 80.6 Å². The van der Waals surface area contributed by atoms with Gasteiger partial charge in [-0.3, -0.25) is 0 Å². The largest absolute Gasteiger partial charge is 0.493 e. The van der Waals surface area contributed by atoms with E-state index in [1.807, 2.05) is 6.07 Å². The summed E-state index contributed by atoms with van der Waals surface area (Å²) in [5.74, 6) is 0.991. The van der Waals surface area contributed by atoms with Crippen molar-refractivity contribution >= 4 is 6.09 Å². The fraction of sp³-hybridized carbons (Fsp3) is 0.333. The molecule has 1 saturated heterocycles. The molecule has 1 unspecified atom stereocenters. The normalized spacial score (nSPS) is 17.6. The first-order valence-corrected chi connectivity index (χ1v) is 5.38. The lowest BCUT2D eigenvalue weighted by atomic mass is 10.2. The maximum atomic E-state index is 10.8. The van der Waals surface area contributed by atoms with E-state index >= 15 is 0 Å². The second-order valence-electron chi connectivity index (χ2n) is 3.70. The number of nitrogens with zero attached hydrogens (tertiary/aromatic N) is 1. The van der Waals surface area contributed by atoms with E-state index in [0.29, 0.717) is 23.6 Å². The minimum atomic E-state index is -0.443. The summed E-state index contributed by atoms with van der Waals surface area (Å²) in [7, 11) is 1.52. The van der Waals surface area contributed by atoms with Gasteiger partial charge in [-0.05, 0) is 12.1 Å². The van der Waals surface area contributed by atoms with Gasteiger partial charge in [0.25, 0.3) is 0 Å². The number of carbonyl (C=O) groups is 1. The molecule has 18 heavy (non-hydrogen) atoms. The second-order valence-corrected chi connectivity index (χ2v) is 3.70. The first-order chi connectivity index (χ1) is 8.72. The summed E-state index contributed by atoms with van der Waals surface area (Å²) in [5.41, 5.74) is 0.479. The van der Waals surface area contributed by atoms with E-state index in [1.165, 1.54) is 7.11 Å². The molecule has 1 atom stereocenters. The van der Waals surface area contributed by atoms with Gasteiger partial charge in [-0.2, -0.15) is 5.26 Å². The fourth-order valence-electron chi connectivity index (χ4n) is 1.57. The first kappa shape index (κ1) is 12.0. The number of nitrogens with one attached hydrogen (secondary N) is 1. The molecule has 1 fully saturated rings. The van der Waals surface area contributed by atoms with Crippen LogP contribution in [-0.4, -0.2) is 32.5 Å². The van der Waals surface area contributed by atoms with Gasteiger partial charge in [-0.25, -0.2) is 4.79 Å². The van der Waals surface area contributed by atoms with Crippen molar-refractivity contribution in [2.24, 2.45) is 0 Å². The number of hydrogen-bond acceptors (Lipinski definition) is 5. The van der Waals surface area contributed by atoms with Gasteiger partial charge in [0.1, 0.15) is 6.61 Å². The zero-order valence-corrected chi connectivity index (χ0v) is 9.80. The van der Waals surface area contributed by atoms with Crippen LogP contribution in [0.2, 0.25) is 0 Å². The highest BCUT2D eigenvalue weighted by Gasteiger charge is 2.23. The number of carbonyl (C=O) groups excluding carboxylic acids is 1. The van der Waals surface area contributed by atoms with Gasteiger partial charge in [0.05, 0.1) is 25.3 Å². The number of ether oxygens (including phenoxy) is 3. The summed E-state index contributed by atoms with van der Waals surface area (Å²) in [6, 6.07) is 6.91. The van der Waals surface area contributed by atoms with E-state index < -0.39 is 6.09 Å². The lowest BCUT2D eigenvalue weighted by molar-refractivity contribution is 0.103.